The van der Waals surface area contributed by atoms with Gasteiger partial charge in [-0.1, -0.05) is 12.1 Å². The lowest BCUT2D eigenvalue weighted by Gasteiger charge is -2.11. The van der Waals surface area contributed by atoms with Crippen LogP contribution in [0.1, 0.15) is 24.8 Å². The van der Waals surface area contributed by atoms with E-state index in [0.29, 0.717) is 24.9 Å². The fourth-order valence-electron chi connectivity index (χ4n) is 2.21. The minimum absolute atomic E-state index is 0.177. The molecule has 1 aliphatic rings. The van der Waals surface area contributed by atoms with Crippen molar-refractivity contribution in [1.29, 1.82) is 0 Å². The fraction of sp³-hybridized carbons (Fsp3) is 0.500. The molecule has 0 spiro atoms. The van der Waals surface area contributed by atoms with Crippen molar-refractivity contribution in [3.8, 4) is 0 Å². The molecule has 0 amide bonds. The number of aliphatic carboxylic acids is 1. The predicted molar refractivity (Wildman–Crippen MR) is 83.2 cm³/mol. The molecule has 0 aliphatic heterocycles. The van der Waals surface area contributed by atoms with Crippen LogP contribution < -0.4 is 4.72 Å². The van der Waals surface area contributed by atoms with Crippen LogP contribution in [0.2, 0.25) is 0 Å². The third kappa shape index (κ3) is 3.59. The van der Waals surface area contributed by atoms with E-state index >= 15 is 0 Å². The molecule has 0 saturated heterocycles. The first kappa shape index (κ1) is 16.3. The molecular weight excluding hydrogens is 310 g/mol. The smallest absolute Gasteiger partial charge is 0.314 e. The van der Waals surface area contributed by atoms with Gasteiger partial charge in [-0.15, -0.1) is 0 Å². The molecule has 0 aromatic heterocycles. The van der Waals surface area contributed by atoms with E-state index in [1.165, 1.54) is 12.1 Å². The van der Waals surface area contributed by atoms with Gasteiger partial charge in [-0.3, -0.25) is 4.79 Å². The summed E-state index contributed by atoms with van der Waals surface area (Å²) < 4.78 is 26.7. The Hall–Kier alpha value is -1.05. The van der Waals surface area contributed by atoms with Crippen molar-refractivity contribution in [2.45, 2.75) is 29.6 Å². The molecule has 5 nitrogen and oxygen atoms in total. The highest BCUT2D eigenvalue weighted by molar-refractivity contribution is 7.98. The zero-order chi connectivity index (χ0) is 15.5. The minimum Gasteiger partial charge on any atom is -0.481 e. The molecule has 1 fully saturated rings. The SMILES string of the molecule is CSCCCNS(=O)(=O)c1ccc(C2(C(=O)O)CC2)cc1. The maximum atomic E-state index is 12.1. The van der Waals surface area contributed by atoms with Crippen molar-refractivity contribution in [2.75, 3.05) is 18.6 Å². The Bertz CT molecular complexity index is 606. The van der Waals surface area contributed by atoms with E-state index in [2.05, 4.69) is 4.72 Å². The van der Waals surface area contributed by atoms with Gasteiger partial charge in [0.15, 0.2) is 0 Å². The number of carboxylic acids is 1. The van der Waals surface area contributed by atoms with Crippen LogP contribution in [0.5, 0.6) is 0 Å². The highest BCUT2D eigenvalue weighted by Gasteiger charge is 2.51. The molecule has 1 aliphatic carbocycles. The first-order chi connectivity index (χ1) is 9.92. The Morgan fingerprint density at radius 3 is 2.43 bits per heavy atom. The van der Waals surface area contributed by atoms with Crippen molar-refractivity contribution in [3.05, 3.63) is 29.8 Å². The largest absolute Gasteiger partial charge is 0.481 e. The zero-order valence-electron chi connectivity index (χ0n) is 11.8. The maximum absolute atomic E-state index is 12.1. The minimum atomic E-state index is -3.51. The number of benzene rings is 1. The molecule has 7 heteroatoms. The molecule has 1 aromatic carbocycles. The highest BCUT2D eigenvalue weighted by Crippen LogP contribution is 2.48. The molecule has 0 heterocycles. The molecule has 21 heavy (non-hydrogen) atoms. The number of hydrogen-bond donors (Lipinski definition) is 2. The van der Waals surface area contributed by atoms with Crippen LogP contribution >= 0.6 is 11.8 Å². The van der Waals surface area contributed by atoms with Crippen molar-refractivity contribution < 1.29 is 18.3 Å². The maximum Gasteiger partial charge on any atom is 0.314 e. The molecule has 2 N–H and O–H groups in total. The Morgan fingerprint density at radius 2 is 1.95 bits per heavy atom. The number of carboxylic acid groups (broad SMARTS) is 1. The van der Waals surface area contributed by atoms with Gasteiger partial charge in [-0.2, -0.15) is 11.8 Å². The van der Waals surface area contributed by atoms with Gasteiger partial charge >= 0.3 is 5.97 Å². The van der Waals surface area contributed by atoms with Gasteiger partial charge in [0.25, 0.3) is 0 Å². The molecule has 1 aromatic rings. The van der Waals surface area contributed by atoms with Crippen molar-refractivity contribution >= 4 is 27.8 Å². The van der Waals surface area contributed by atoms with E-state index in [-0.39, 0.29) is 4.90 Å². The van der Waals surface area contributed by atoms with Crippen LogP contribution in [-0.4, -0.2) is 38.0 Å². The van der Waals surface area contributed by atoms with Crippen molar-refractivity contribution in [3.63, 3.8) is 0 Å². The third-order valence-electron chi connectivity index (χ3n) is 3.69. The monoisotopic (exact) mass is 329 g/mol. The van der Waals surface area contributed by atoms with Crippen molar-refractivity contribution in [2.24, 2.45) is 0 Å². The molecule has 0 bridgehead atoms. The third-order valence-corrected chi connectivity index (χ3v) is 5.87. The second-order valence-corrected chi connectivity index (χ2v) is 7.91. The first-order valence-electron chi connectivity index (χ1n) is 6.75. The topological polar surface area (TPSA) is 83.5 Å². The van der Waals surface area contributed by atoms with Gasteiger partial charge in [-0.25, -0.2) is 13.1 Å². The van der Waals surface area contributed by atoms with Gasteiger partial charge in [0.2, 0.25) is 10.0 Å². The summed E-state index contributed by atoms with van der Waals surface area (Å²) >= 11 is 1.67. The zero-order valence-corrected chi connectivity index (χ0v) is 13.5. The number of nitrogens with one attached hydrogen (secondary N) is 1. The van der Waals surface area contributed by atoms with Gasteiger partial charge in [0, 0.05) is 6.54 Å². The molecule has 0 radical (unpaired) electrons. The number of thioether (sulfide) groups is 1. The molecule has 0 unspecified atom stereocenters. The Labute approximate surface area is 129 Å². The molecular formula is C14H19NO4S2. The number of sulfonamides is 1. The van der Waals surface area contributed by atoms with Crippen LogP contribution in [0.3, 0.4) is 0 Å². The van der Waals surface area contributed by atoms with Gasteiger partial charge in [-0.05, 0) is 49.0 Å². The van der Waals surface area contributed by atoms with Crippen LogP contribution in [-0.2, 0) is 20.2 Å². The Kier molecular flexibility index (Phi) is 4.95. The van der Waals surface area contributed by atoms with Gasteiger partial charge < -0.3 is 5.11 Å². The lowest BCUT2D eigenvalue weighted by atomic mass is 9.96. The fourth-order valence-corrected chi connectivity index (χ4v) is 3.72. The van der Waals surface area contributed by atoms with Crippen LogP contribution in [0.4, 0.5) is 0 Å². The Balaban J connectivity index is 2.06. The van der Waals surface area contributed by atoms with E-state index in [4.69, 9.17) is 0 Å². The summed E-state index contributed by atoms with van der Waals surface area (Å²) in [5.74, 6) is 0.0658. The highest BCUT2D eigenvalue weighted by atomic mass is 32.2. The van der Waals surface area contributed by atoms with E-state index in [9.17, 15) is 18.3 Å². The lowest BCUT2D eigenvalue weighted by molar-refractivity contribution is -0.140. The molecule has 2 rings (SSSR count). The van der Waals surface area contributed by atoms with Crippen LogP contribution in [0.15, 0.2) is 29.2 Å². The van der Waals surface area contributed by atoms with Crippen molar-refractivity contribution in [1.82, 2.24) is 4.72 Å². The van der Waals surface area contributed by atoms with Gasteiger partial charge in [0.1, 0.15) is 0 Å². The lowest BCUT2D eigenvalue weighted by Crippen LogP contribution is -2.25. The summed E-state index contributed by atoms with van der Waals surface area (Å²) in [6.07, 6.45) is 3.98. The predicted octanol–water partition coefficient (Wildman–Crippen LogP) is 1.83. The normalized spacial score (nSPS) is 16.6. The standard InChI is InChI=1S/C14H19NO4S2/c1-20-10-2-9-15-21(18,19)12-5-3-11(4-6-12)14(7-8-14)13(16)17/h3-6,15H,2,7-10H2,1H3,(H,16,17). The number of carbonyl (C=O) groups is 1. The summed E-state index contributed by atoms with van der Waals surface area (Å²) in [7, 11) is -3.51. The molecule has 116 valence electrons. The van der Waals surface area contributed by atoms with E-state index in [1.807, 2.05) is 6.26 Å². The van der Waals surface area contributed by atoms with E-state index in [1.54, 1.807) is 23.9 Å². The summed E-state index contributed by atoms with van der Waals surface area (Å²) in [4.78, 5) is 11.4. The molecule has 1 saturated carbocycles. The summed E-state index contributed by atoms with van der Waals surface area (Å²) in [6.45, 7) is 0.407. The second-order valence-electron chi connectivity index (χ2n) is 5.16. The average molecular weight is 329 g/mol. The number of rotatable bonds is 8. The number of hydrogen-bond acceptors (Lipinski definition) is 4. The van der Waals surface area contributed by atoms with E-state index in [0.717, 1.165) is 12.2 Å². The van der Waals surface area contributed by atoms with E-state index < -0.39 is 21.4 Å². The quantitative estimate of drug-likeness (QED) is 0.711. The first-order valence-corrected chi connectivity index (χ1v) is 9.63. The molecule has 0 atom stereocenters. The summed E-state index contributed by atoms with van der Waals surface area (Å²) in [5.41, 5.74) is -0.120. The second kappa shape index (κ2) is 6.37. The average Bonchev–Trinajstić information content (AvgIpc) is 3.25. The summed E-state index contributed by atoms with van der Waals surface area (Å²) in [6, 6.07) is 6.18. The Morgan fingerprint density at radius 1 is 1.33 bits per heavy atom. The van der Waals surface area contributed by atoms with Crippen LogP contribution in [0, 0.1) is 0 Å². The summed E-state index contributed by atoms with van der Waals surface area (Å²) in [5, 5.41) is 9.22. The van der Waals surface area contributed by atoms with Crippen LogP contribution in [0.25, 0.3) is 0 Å². The van der Waals surface area contributed by atoms with Gasteiger partial charge in [0.05, 0.1) is 10.3 Å².